The lowest BCUT2D eigenvalue weighted by Gasteiger charge is -2.34. The van der Waals surface area contributed by atoms with Gasteiger partial charge in [-0.05, 0) is 43.7 Å². The quantitative estimate of drug-likeness (QED) is 0.561. The van der Waals surface area contributed by atoms with E-state index in [0.29, 0.717) is 25.8 Å². The number of likely N-dealkylation sites (tertiary alicyclic amines) is 1. The summed E-state index contributed by atoms with van der Waals surface area (Å²) in [5.74, 6) is -1.17. The molecule has 0 saturated carbocycles. The van der Waals surface area contributed by atoms with E-state index in [1.807, 2.05) is 44.2 Å². The van der Waals surface area contributed by atoms with Crippen molar-refractivity contribution in [3.05, 3.63) is 35.9 Å². The van der Waals surface area contributed by atoms with Crippen LogP contribution in [0.4, 0.5) is 4.79 Å². The number of carbonyl (C=O) groups excluding carboxylic acids is 2. The summed E-state index contributed by atoms with van der Waals surface area (Å²) in [6.07, 6.45) is 1.05. The molecule has 166 valence electrons. The van der Waals surface area contributed by atoms with Crippen molar-refractivity contribution in [2.24, 2.45) is 5.92 Å². The Hall–Kier alpha value is -2.61. The van der Waals surface area contributed by atoms with E-state index in [9.17, 15) is 19.5 Å². The maximum Gasteiger partial charge on any atom is 0.411 e. The third-order valence-corrected chi connectivity index (χ3v) is 5.43. The second-order valence-corrected chi connectivity index (χ2v) is 8.04. The van der Waals surface area contributed by atoms with Crippen molar-refractivity contribution < 1.29 is 29.0 Å². The molecule has 1 aromatic rings. The summed E-state index contributed by atoms with van der Waals surface area (Å²) >= 11 is 0. The molecule has 1 aliphatic rings. The summed E-state index contributed by atoms with van der Waals surface area (Å²) in [6, 6.07) is 8.73. The smallest absolute Gasteiger partial charge is 0.411 e. The van der Waals surface area contributed by atoms with Gasteiger partial charge in [0.05, 0.1) is 7.11 Å². The van der Waals surface area contributed by atoms with E-state index in [4.69, 9.17) is 9.47 Å². The van der Waals surface area contributed by atoms with Crippen LogP contribution >= 0.6 is 0 Å². The van der Waals surface area contributed by atoms with Gasteiger partial charge in [-0.3, -0.25) is 9.69 Å². The minimum atomic E-state index is -1.35. The maximum atomic E-state index is 12.7. The molecule has 2 rings (SSSR count). The number of carboxylic acid groups (broad SMARTS) is 1. The molecular formula is C22H32N2O6. The number of carboxylic acids is 1. The highest BCUT2D eigenvalue weighted by molar-refractivity contribution is 5.85. The SMILES string of the molecule is COC(=O)[C@H](CC(C)C)NCC[C@]1(C(=O)O)CCCN1C(=O)OCc1ccccc1. The van der Waals surface area contributed by atoms with Crippen LogP contribution in [-0.4, -0.2) is 59.8 Å². The van der Waals surface area contributed by atoms with Crippen LogP contribution in [-0.2, 0) is 25.7 Å². The molecule has 0 bridgehead atoms. The van der Waals surface area contributed by atoms with Crippen LogP contribution in [0.2, 0.25) is 0 Å². The predicted octanol–water partition coefficient (Wildman–Crippen LogP) is 2.81. The van der Waals surface area contributed by atoms with Gasteiger partial charge in [-0.15, -0.1) is 0 Å². The molecule has 1 fully saturated rings. The Balaban J connectivity index is 2.02. The van der Waals surface area contributed by atoms with E-state index in [-0.39, 0.29) is 31.5 Å². The second-order valence-electron chi connectivity index (χ2n) is 8.04. The molecule has 0 unspecified atom stereocenters. The van der Waals surface area contributed by atoms with Crippen LogP contribution in [0.1, 0.15) is 45.1 Å². The molecule has 8 nitrogen and oxygen atoms in total. The highest BCUT2D eigenvalue weighted by Crippen LogP contribution is 2.33. The Bertz CT molecular complexity index is 724. The fourth-order valence-corrected chi connectivity index (χ4v) is 3.86. The van der Waals surface area contributed by atoms with Crippen LogP contribution in [0.25, 0.3) is 0 Å². The van der Waals surface area contributed by atoms with Crippen molar-refractivity contribution in [3.8, 4) is 0 Å². The molecular weight excluding hydrogens is 388 g/mol. The summed E-state index contributed by atoms with van der Waals surface area (Å²) in [5, 5.41) is 13.1. The average molecular weight is 421 g/mol. The molecule has 1 heterocycles. The van der Waals surface area contributed by atoms with Gasteiger partial charge in [-0.1, -0.05) is 44.2 Å². The predicted molar refractivity (Wildman–Crippen MR) is 111 cm³/mol. The summed E-state index contributed by atoms with van der Waals surface area (Å²) in [6.45, 7) is 4.67. The lowest BCUT2D eigenvalue weighted by molar-refractivity contribution is -0.149. The Labute approximate surface area is 177 Å². The number of aliphatic carboxylic acids is 1. The maximum absolute atomic E-state index is 12.7. The third kappa shape index (κ3) is 5.95. The first-order valence-corrected chi connectivity index (χ1v) is 10.3. The number of rotatable bonds is 10. The highest BCUT2D eigenvalue weighted by atomic mass is 16.6. The van der Waals surface area contributed by atoms with Crippen LogP contribution in [0.3, 0.4) is 0 Å². The normalized spacial score (nSPS) is 19.5. The van der Waals surface area contributed by atoms with Gasteiger partial charge >= 0.3 is 18.0 Å². The number of hydrogen-bond donors (Lipinski definition) is 2. The first-order chi connectivity index (χ1) is 14.3. The van der Waals surface area contributed by atoms with Gasteiger partial charge < -0.3 is 19.9 Å². The number of amides is 1. The van der Waals surface area contributed by atoms with Gasteiger partial charge in [-0.2, -0.15) is 0 Å². The van der Waals surface area contributed by atoms with Gasteiger partial charge in [-0.25, -0.2) is 9.59 Å². The molecule has 30 heavy (non-hydrogen) atoms. The van der Waals surface area contributed by atoms with Crippen molar-refractivity contribution in [2.45, 2.75) is 57.7 Å². The van der Waals surface area contributed by atoms with E-state index < -0.39 is 23.6 Å². The van der Waals surface area contributed by atoms with Crippen molar-refractivity contribution in [1.29, 1.82) is 0 Å². The van der Waals surface area contributed by atoms with E-state index in [1.54, 1.807) is 0 Å². The van der Waals surface area contributed by atoms with Crippen molar-refractivity contribution in [3.63, 3.8) is 0 Å². The average Bonchev–Trinajstić information content (AvgIpc) is 3.16. The molecule has 1 amide bonds. The van der Waals surface area contributed by atoms with Crippen LogP contribution < -0.4 is 5.32 Å². The largest absolute Gasteiger partial charge is 0.479 e. The highest BCUT2D eigenvalue weighted by Gasteiger charge is 2.50. The minimum absolute atomic E-state index is 0.0862. The number of nitrogens with one attached hydrogen (secondary N) is 1. The zero-order chi connectivity index (χ0) is 22.1. The van der Waals surface area contributed by atoms with Gasteiger partial charge in [0.25, 0.3) is 0 Å². The molecule has 8 heteroatoms. The van der Waals surface area contributed by atoms with Crippen LogP contribution in [0, 0.1) is 5.92 Å². The van der Waals surface area contributed by atoms with E-state index >= 15 is 0 Å². The Morgan fingerprint density at radius 3 is 2.53 bits per heavy atom. The monoisotopic (exact) mass is 420 g/mol. The van der Waals surface area contributed by atoms with Gasteiger partial charge in [0.1, 0.15) is 18.2 Å². The number of hydrogen-bond acceptors (Lipinski definition) is 6. The lowest BCUT2D eigenvalue weighted by Crippen LogP contribution is -2.55. The van der Waals surface area contributed by atoms with E-state index in [2.05, 4.69) is 5.32 Å². The van der Waals surface area contributed by atoms with Crippen molar-refractivity contribution >= 4 is 18.0 Å². The second kappa shape index (κ2) is 11.0. The van der Waals surface area contributed by atoms with Crippen LogP contribution in [0.15, 0.2) is 30.3 Å². The van der Waals surface area contributed by atoms with Crippen molar-refractivity contribution in [1.82, 2.24) is 10.2 Å². The van der Waals surface area contributed by atoms with Crippen molar-refractivity contribution in [2.75, 3.05) is 20.2 Å². The van der Waals surface area contributed by atoms with Crippen LogP contribution in [0.5, 0.6) is 0 Å². The number of ether oxygens (including phenoxy) is 2. The minimum Gasteiger partial charge on any atom is -0.479 e. The zero-order valence-electron chi connectivity index (χ0n) is 17.9. The first kappa shape index (κ1) is 23.7. The lowest BCUT2D eigenvalue weighted by atomic mass is 9.91. The molecule has 1 aliphatic heterocycles. The standard InChI is InChI=1S/C22H32N2O6/c1-16(2)14-18(19(25)29-3)23-12-11-22(20(26)27)10-7-13-24(22)21(28)30-15-17-8-5-4-6-9-17/h4-6,8-9,16,18,23H,7,10-15H2,1-3H3,(H,26,27)/t18-,22-/m0/s1. The molecule has 2 N–H and O–H groups in total. The Morgan fingerprint density at radius 2 is 1.93 bits per heavy atom. The van der Waals surface area contributed by atoms with E-state index in [0.717, 1.165) is 5.56 Å². The zero-order valence-corrected chi connectivity index (χ0v) is 17.9. The molecule has 0 spiro atoms. The number of esters is 1. The number of nitrogens with zero attached hydrogens (tertiary/aromatic N) is 1. The number of benzene rings is 1. The van der Waals surface area contributed by atoms with Gasteiger partial charge in [0.15, 0.2) is 0 Å². The molecule has 2 atom stereocenters. The number of carbonyl (C=O) groups is 3. The number of methoxy groups -OCH3 is 1. The Kier molecular flexibility index (Phi) is 8.65. The van der Waals surface area contributed by atoms with Gasteiger partial charge in [0, 0.05) is 6.54 Å². The fraction of sp³-hybridized carbons (Fsp3) is 0.591. The summed E-state index contributed by atoms with van der Waals surface area (Å²) in [4.78, 5) is 38.2. The summed E-state index contributed by atoms with van der Waals surface area (Å²) in [7, 11) is 1.33. The van der Waals surface area contributed by atoms with E-state index in [1.165, 1.54) is 12.0 Å². The van der Waals surface area contributed by atoms with Gasteiger partial charge in [0.2, 0.25) is 0 Å². The molecule has 1 saturated heterocycles. The molecule has 1 aromatic carbocycles. The summed E-state index contributed by atoms with van der Waals surface area (Å²) in [5.41, 5.74) is -0.513. The topological polar surface area (TPSA) is 105 Å². The first-order valence-electron chi connectivity index (χ1n) is 10.3. The molecule has 0 radical (unpaired) electrons. The molecule has 0 aromatic heterocycles. The third-order valence-electron chi connectivity index (χ3n) is 5.43. The Morgan fingerprint density at radius 1 is 1.23 bits per heavy atom. The fourth-order valence-electron chi connectivity index (χ4n) is 3.86. The summed E-state index contributed by atoms with van der Waals surface area (Å²) < 4.78 is 10.2. The molecule has 0 aliphatic carbocycles.